The van der Waals surface area contributed by atoms with Gasteiger partial charge in [0.2, 0.25) is 23.6 Å². The van der Waals surface area contributed by atoms with E-state index in [1.54, 1.807) is 52.7 Å². The van der Waals surface area contributed by atoms with Crippen LogP contribution in [-0.4, -0.2) is 52.1 Å². The van der Waals surface area contributed by atoms with Crippen LogP contribution in [0.4, 0.5) is 0 Å². The molecule has 0 radical (unpaired) electrons. The van der Waals surface area contributed by atoms with E-state index < -0.39 is 47.3 Å². The van der Waals surface area contributed by atoms with Crippen LogP contribution in [0.15, 0.2) is 48.5 Å². The summed E-state index contributed by atoms with van der Waals surface area (Å²) < 4.78 is 24.5. The Bertz CT molecular complexity index is 2090. The van der Waals surface area contributed by atoms with E-state index in [4.69, 9.17) is 41.9 Å². The second-order valence-electron chi connectivity index (χ2n) is 18.9. The molecule has 12 heteroatoms. The second kappa shape index (κ2) is 20.2. The van der Waals surface area contributed by atoms with Crippen molar-refractivity contribution in [1.82, 2.24) is 0 Å². The first-order valence-corrected chi connectivity index (χ1v) is 22.2. The Labute approximate surface area is 378 Å². The number of hydrogen-bond acceptors (Lipinski definition) is 8. The highest BCUT2D eigenvalue weighted by atomic mass is 16.5. The van der Waals surface area contributed by atoms with Gasteiger partial charge in [-0.2, -0.15) is 0 Å². The SMILES string of the molecule is COc1cc(C(N)=O)c2cc1C(CC(C)C)c1cc(c(OC)cc1C(N)=O)C(CC(C)C)c1cc(c(OC)cc1C(N)=O)C(CC(C)C)c1cc(c(OC)cc1C(N)=O)C2CC(C)C. The smallest absolute Gasteiger partial charge is 0.249 e. The molecule has 0 saturated carbocycles. The summed E-state index contributed by atoms with van der Waals surface area (Å²) in [6.45, 7) is 16.8. The molecule has 344 valence electrons. The number of hydrogen-bond donors (Lipinski definition) is 4. The summed E-state index contributed by atoms with van der Waals surface area (Å²) in [5.41, 5.74) is 31.5. The van der Waals surface area contributed by atoms with Crippen LogP contribution < -0.4 is 41.9 Å². The number of nitrogens with two attached hydrogens (primary N) is 4. The lowest BCUT2D eigenvalue weighted by Crippen LogP contribution is -2.23. The normalized spacial score (nSPS) is 17.1. The van der Waals surface area contributed by atoms with Crippen molar-refractivity contribution in [2.75, 3.05) is 28.4 Å². The number of carbonyl (C=O) groups is 4. The van der Waals surface area contributed by atoms with Crippen LogP contribution in [0.1, 0.15) is 191 Å². The Morgan fingerprint density at radius 1 is 0.359 bits per heavy atom. The summed E-state index contributed by atoms with van der Waals surface area (Å²) in [7, 11) is 6.17. The third kappa shape index (κ3) is 10.0. The van der Waals surface area contributed by atoms with Crippen LogP contribution in [-0.2, 0) is 0 Å². The number of methoxy groups -OCH3 is 4. The minimum Gasteiger partial charge on any atom is -0.496 e. The summed E-state index contributed by atoms with van der Waals surface area (Å²) >= 11 is 0. The van der Waals surface area contributed by atoms with E-state index in [9.17, 15) is 19.2 Å². The monoisotopic (exact) mass is 877 g/mol. The van der Waals surface area contributed by atoms with Crippen molar-refractivity contribution in [3.63, 3.8) is 0 Å². The lowest BCUT2D eigenvalue weighted by Gasteiger charge is -2.32. The highest BCUT2D eigenvalue weighted by molar-refractivity contribution is 5.98. The van der Waals surface area contributed by atoms with Gasteiger partial charge in [-0.1, -0.05) is 79.7 Å². The molecular weight excluding hydrogens is 809 g/mol. The number of ether oxygens (including phenoxy) is 4. The maximum absolute atomic E-state index is 13.7. The van der Waals surface area contributed by atoms with Gasteiger partial charge < -0.3 is 41.9 Å². The van der Waals surface area contributed by atoms with Gasteiger partial charge in [0.15, 0.2) is 0 Å². The number of amides is 4. The van der Waals surface area contributed by atoms with Crippen molar-refractivity contribution < 1.29 is 38.1 Å². The molecule has 8 N–H and O–H groups in total. The largest absolute Gasteiger partial charge is 0.496 e. The van der Waals surface area contributed by atoms with Crippen molar-refractivity contribution in [2.45, 2.75) is 105 Å². The average Bonchev–Trinajstić information content (AvgIpc) is 3.23. The standard InChI is InChI=1S/C52H68N4O8/c1-25(2)13-29-33-17-38(46(62-10)21-41(33)49(53)57)31(15-27(5)6)35-19-40(48(64-12)23-43(35)51(55)59)32(16-28(7)8)36-20-39(47(63-11)24-44(36)52(56)60)30(14-26(3)4)34-18-37(29)45(61-9)22-42(34)50(54)58/h17-32H,13-16H2,1-12H3,(H2,53,57)(H2,54,58)(H2,55,59)(H2,56,60). The Hall–Kier alpha value is -6.04. The van der Waals surface area contributed by atoms with Crippen molar-refractivity contribution in [3.05, 3.63) is 115 Å². The van der Waals surface area contributed by atoms with E-state index in [1.165, 1.54) is 0 Å². The molecule has 4 aromatic rings. The minimum absolute atomic E-state index is 0.0938. The van der Waals surface area contributed by atoms with Crippen LogP contribution >= 0.6 is 0 Å². The first-order chi connectivity index (χ1) is 30.2. The maximum Gasteiger partial charge on any atom is 0.249 e. The lowest BCUT2D eigenvalue weighted by atomic mass is 9.73. The topological polar surface area (TPSA) is 209 Å². The van der Waals surface area contributed by atoms with Gasteiger partial charge in [-0.25, -0.2) is 0 Å². The molecule has 12 nitrogen and oxygen atoms in total. The van der Waals surface area contributed by atoms with Gasteiger partial charge in [0.05, 0.1) is 28.4 Å². The fraction of sp³-hybridized carbons (Fsp3) is 0.462. The van der Waals surface area contributed by atoms with Gasteiger partial charge >= 0.3 is 0 Å². The zero-order valence-corrected chi connectivity index (χ0v) is 39.6. The summed E-state index contributed by atoms with van der Waals surface area (Å²) in [6.07, 6.45) is 2.16. The second-order valence-corrected chi connectivity index (χ2v) is 18.9. The molecule has 5 rings (SSSR count). The quantitative estimate of drug-likeness (QED) is 0.0851. The summed E-state index contributed by atoms with van der Waals surface area (Å²) in [5, 5.41) is 0. The number of fused-ring (bicyclic) bond motifs is 8. The number of rotatable bonds is 16. The van der Waals surface area contributed by atoms with Crippen molar-refractivity contribution >= 4 is 23.6 Å². The van der Waals surface area contributed by atoms with Crippen LogP contribution in [0.3, 0.4) is 0 Å². The van der Waals surface area contributed by atoms with Gasteiger partial charge in [-0.3, -0.25) is 19.2 Å². The van der Waals surface area contributed by atoms with E-state index in [1.807, 2.05) is 24.3 Å². The molecule has 1 aliphatic carbocycles. The zero-order valence-electron chi connectivity index (χ0n) is 39.6. The van der Waals surface area contributed by atoms with Gasteiger partial charge in [0.1, 0.15) is 23.0 Å². The Kier molecular flexibility index (Phi) is 15.5. The third-order valence-corrected chi connectivity index (χ3v) is 12.5. The van der Waals surface area contributed by atoms with Crippen molar-refractivity contribution in [2.24, 2.45) is 46.6 Å². The highest BCUT2D eigenvalue weighted by Crippen LogP contribution is 2.50. The summed E-state index contributed by atoms with van der Waals surface area (Å²) in [5.74, 6) is -2.65. The molecule has 8 bridgehead atoms. The minimum atomic E-state index is -0.651. The molecule has 0 aromatic heterocycles. The molecule has 4 atom stereocenters. The van der Waals surface area contributed by atoms with E-state index in [0.717, 1.165) is 0 Å². The molecule has 4 unspecified atom stereocenters. The van der Waals surface area contributed by atoms with Gasteiger partial charge in [-0.05, 0) is 95.9 Å². The zero-order chi connectivity index (χ0) is 47.5. The van der Waals surface area contributed by atoms with Crippen molar-refractivity contribution in [1.29, 1.82) is 0 Å². The first kappa shape index (κ1) is 49.0. The van der Waals surface area contributed by atoms with Gasteiger partial charge in [0, 0.05) is 68.2 Å². The van der Waals surface area contributed by atoms with E-state index in [2.05, 4.69) is 55.4 Å². The first-order valence-electron chi connectivity index (χ1n) is 22.2. The maximum atomic E-state index is 13.7. The number of carbonyl (C=O) groups excluding carboxylic acids is 4. The van der Waals surface area contributed by atoms with Crippen LogP contribution in [0.2, 0.25) is 0 Å². The molecule has 4 aromatic carbocycles. The predicted molar refractivity (Wildman–Crippen MR) is 251 cm³/mol. The van der Waals surface area contributed by atoms with Crippen molar-refractivity contribution in [3.8, 4) is 23.0 Å². The average molecular weight is 877 g/mol. The molecule has 0 heterocycles. The Morgan fingerprint density at radius 3 is 0.656 bits per heavy atom. The fourth-order valence-corrected chi connectivity index (χ4v) is 9.83. The molecule has 0 fully saturated rings. The highest BCUT2D eigenvalue weighted by Gasteiger charge is 2.36. The van der Waals surface area contributed by atoms with Crippen LogP contribution in [0.25, 0.3) is 0 Å². The Morgan fingerprint density at radius 2 is 0.531 bits per heavy atom. The molecule has 0 spiro atoms. The van der Waals surface area contributed by atoms with Gasteiger partial charge in [-0.15, -0.1) is 0 Å². The van der Waals surface area contributed by atoms with E-state index in [0.29, 0.717) is 93.2 Å². The summed E-state index contributed by atoms with van der Waals surface area (Å²) in [4.78, 5) is 54.8. The molecule has 64 heavy (non-hydrogen) atoms. The molecule has 0 aliphatic heterocycles. The van der Waals surface area contributed by atoms with Gasteiger partial charge in [0.25, 0.3) is 0 Å². The molecule has 1 aliphatic rings. The molecule has 4 amide bonds. The summed E-state index contributed by atoms with van der Waals surface area (Å²) in [6, 6.07) is 14.7. The number of primary amides is 4. The van der Waals surface area contributed by atoms with E-state index in [-0.39, 0.29) is 45.9 Å². The fourth-order valence-electron chi connectivity index (χ4n) is 9.83. The Balaban J connectivity index is 2.20. The van der Waals surface area contributed by atoms with Crippen LogP contribution in [0, 0.1) is 23.7 Å². The molecular formula is C52H68N4O8. The number of benzene rings is 4. The predicted octanol–water partition coefficient (Wildman–Crippen LogP) is 9.14. The van der Waals surface area contributed by atoms with E-state index >= 15 is 0 Å². The lowest BCUT2D eigenvalue weighted by molar-refractivity contribution is 0.0990. The molecule has 0 saturated heterocycles. The van der Waals surface area contributed by atoms with Crippen LogP contribution in [0.5, 0.6) is 23.0 Å². The third-order valence-electron chi connectivity index (χ3n) is 12.5.